The molecule has 0 heterocycles. The quantitative estimate of drug-likeness (QED) is 0.463. The van der Waals surface area contributed by atoms with E-state index < -0.39 is 29.5 Å². The normalized spacial score (nSPS) is 11.3. The molecular formula is C18H18N2O6. The maximum absolute atomic E-state index is 11.9. The summed E-state index contributed by atoms with van der Waals surface area (Å²) in [4.78, 5) is 33.7. The molecular weight excluding hydrogens is 340 g/mol. The molecule has 0 aliphatic carbocycles. The van der Waals surface area contributed by atoms with E-state index in [4.69, 9.17) is 9.47 Å². The van der Waals surface area contributed by atoms with Gasteiger partial charge in [-0.15, -0.1) is 0 Å². The van der Waals surface area contributed by atoms with Gasteiger partial charge in [0.15, 0.2) is 12.7 Å². The number of nitro groups is 1. The van der Waals surface area contributed by atoms with Crippen LogP contribution in [0.15, 0.2) is 48.5 Å². The number of carbonyl (C=O) groups is 2. The summed E-state index contributed by atoms with van der Waals surface area (Å²) in [5, 5.41) is 13.1. The van der Waals surface area contributed by atoms with Crippen molar-refractivity contribution in [2.45, 2.75) is 20.0 Å². The van der Waals surface area contributed by atoms with E-state index in [0.717, 1.165) is 5.56 Å². The number of nitrogens with one attached hydrogen (secondary N) is 1. The zero-order valence-electron chi connectivity index (χ0n) is 14.3. The Kier molecular flexibility index (Phi) is 6.26. The molecule has 1 atom stereocenters. The number of ether oxygens (including phenoxy) is 2. The Morgan fingerprint density at radius 1 is 1.19 bits per heavy atom. The van der Waals surface area contributed by atoms with Gasteiger partial charge in [0.25, 0.3) is 11.6 Å². The number of hydrogen-bond donors (Lipinski definition) is 1. The van der Waals surface area contributed by atoms with Gasteiger partial charge in [-0.25, -0.2) is 4.79 Å². The maximum atomic E-state index is 11.9. The molecule has 0 saturated heterocycles. The molecule has 136 valence electrons. The van der Waals surface area contributed by atoms with Gasteiger partial charge in [0.05, 0.1) is 4.92 Å². The van der Waals surface area contributed by atoms with E-state index in [0.29, 0.717) is 11.4 Å². The summed E-state index contributed by atoms with van der Waals surface area (Å²) in [6.07, 6.45) is -0.871. The highest BCUT2D eigenvalue weighted by molar-refractivity contribution is 5.93. The van der Waals surface area contributed by atoms with Crippen molar-refractivity contribution in [1.29, 1.82) is 0 Å². The highest BCUT2D eigenvalue weighted by Gasteiger charge is 2.18. The van der Waals surface area contributed by atoms with Crippen molar-refractivity contribution >= 4 is 23.3 Å². The molecule has 1 amide bonds. The number of benzene rings is 2. The summed E-state index contributed by atoms with van der Waals surface area (Å²) in [5.41, 5.74) is 1.27. The van der Waals surface area contributed by atoms with Gasteiger partial charge in [-0.3, -0.25) is 14.9 Å². The van der Waals surface area contributed by atoms with Crippen molar-refractivity contribution < 1.29 is 24.0 Å². The topological polar surface area (TPSA) is 108 Å². The fourth-order valence-electron chi connectivity index (χ4n) is 2.06. The SMILES string of the molecule is Cc1cccc(O[C@H](C)C(=O)OCC(=O)Nc2ccc([N+](=O)[O-])cc2)c1. The predicted octanol–water partition coefficient (Wildman–Crippen LogP) is 2.85. The van der Waals surface area contributed by atoms with Crippen molar-refractivity contribution in [3.8, 4) is 5.75 Å². The van der Waals surface area contributed by atoms with Gasteiger partial charge in [-0.1, -0.05) is 12.1 Å². The molecule has 0 unspecified atom stereocenters. The van der Waals surface area contributed by atoms with Gasteiger partial charge >= 0.3 is 5.97 Å². The molecule has 2 rings (SSSR count). The lowest BCUT2D eigenvalue weighted by atomic mass is 10.2. The molecule has 0 aliphatic rings. The molecule has 8 heteroatoms. The van der Waals surface area contributed by atoms with Crippen molar-refractivity contribution in [2.24, 2.45) is 0 Å². The van der Waals surface area contributed by atoms with Crippen molar-refractivity contribution in [2.75, 3.05) is 11.9 Å². The van der Waals surface area contributed by atoms with Gasteiger partial charge in [0, 0.05) is 17.8 Å². The minimum Gasteiger partial charge on any atom is -0.479 e. The van der Waals surface area contributed by atoms with Gasteiger partial charge in [0.2, 0.25) is 0 Å². The zero-order valence-corrected chi connectivity index (χ0v) is 14.3. The lowest BCUT2D eigenvalue weighted by Gasteiger charge is -2.14. The van der Waals surface area contributed by atoms with Crippen LogP contribution in [-0.2, 0) is 14.3 Å². The number of hydrogen-bond acceptors (Lipinski definition) is 6. The van der Waals surface area contributed by atoms with Crippen LogP contribution in [0.2, 0.25) is 0 Å². The Morgan fingerprint density at radius 2 is 1.88 bits per heavy atom. The third-order valence-electron chi connectivity index (χ3n) is 3.34. The van der Waals surface area contributed by atoms with Crippen LogP contribution in [0.5, 0.6) is 5.75 Å². The molecule has 0 aromatic heterocycles. The summed E-state index contributed by atoms with van der Waals surface area (Å²) in [6.45, 7) is 2.94. The van der Waals surface area contributed by atoms with Gasteiger partial charge in [0.1, 0.15) is 5.75 Å². The Hall–Kier alpha value is -3.42. The summed E-state index contributed by atoms with van der Waals surface area (Å²) >= 11 is 0. The van der Waals surface area contributed by atoms with E-state index in [1.54, 1.807) is 18.2 Å². The second kappa shape index (κ2) is 8.61. The molecule has 26 heavy (non-hydrogen) atoms. The summed E-state index contributed by atoms with van der Waals surface area (Å²) in [7, 11) is 0. The number of carbonyl (C=O) groups excluding carboxylic acids is 2. The zero-order chi connectivity index (χ0) is 19.1. The molecule has 0 bridgehead atoms. The van der Waals surface area contributed by atoms with Crippen LogP contribution in [0.3, 0.4) is 0 Å². The molecule has 2 aromatic carbocycles. The van der Waals surface area contributed by atoms with E-state index in [1.165, 1.54) is 31.2 Å². The van der Waals surface area contributed by atoms with Crippen molar-refractivity contribution in [3.05, 3.63) is 64.2 Å². The lowest BCUT2D eigenvalue weighted by Crippen LogP contribution is -2.29. The maximum Gasteiger partial charge on any atom is 0.347 e. The van der Waals surface area contributed by atoms with E-state index in [-0.39, 0.29) is 5.69 Å². The van der Waals surface area contributed by atoms with Crippen LogP contribution in [0.25, 0.3) is 0 Å². The molecule has 0 spiro atoms. The van der Waals surface area contributed by atoms with Crippen LogP contribution in [0.1, 0.15) is 12.5 Å². The first-order valence-corrected chi connectivity index (χ1v) is 7.79. The van der Waals surface area contributed by atoms with Crippen LogP contribution in [-0.4, -0.2) is 29.5 Å². The first-order chi connectivity index (χ1) is 12.3. The second-order valence-corrected chi connectivity index (χ2v) is 5.54. The number of esters is 1. The minimum absolute atomic E-state index is 0.0865. The predicted molar refractivity (Wildman–Crippen MR) is 94.0 cm³/mol. The third-order valence-corrected chi connectivity index (χ3v) is 3.34. The average Bonchev–Trinajstić information content (AvgIpc) is 2.60. The number of amides is 1. The Balaban J connectivity index is 1.80. The van der Waals surface area contributed by atoms with E-state index in [2.05, 4.69) is 5.32 Å². The standard InChI is InChI=1S/C18H18N2O6/c1-12-4-3-5-16(10-12)26-13(2)18(22)25-11-17(21)19-14-6-8-15(9-7-14)20(23)24/h3-10,13H,11H2,1-2H3,(H,19,21)/t13-/m1/s1. The van der Waals surface area contributed by atoms with Crippen molar-refractivity contribution in [3.63, 3.8) is 0 Å². The molecule has 0 aliphatic heterocycles. The average molecular weight is 358 g/mol. The first-order valence-electron chi connectivity index (χ1n) is 7.79. The molecule has 1 N–H and O–H groups in total. The number of rotatable bonds is 7. The monoisotopic (exact) mass is 358 g/mol. The Morgan fingerprint density at radius 3 is 2.50 bits per heavy atom. The van der Waals surface area contributed by atoms with Crippen molar-refractivity contribution in [1.82, 2.24) is 0 Å². The largest absolute Gasteiger partial charge is 0.479 e. The van der Waals surface area contributed by atoms with E-state index >= 15 is 0 Å². The van der Waals surface area contributed by atoms with E-state index in [1.807, 2.05) is 13.0 Å². The van der Waals surface area contributed by atoms with Crippen LogP contribution in [0, 0.1) is 17.0 Å². The summed E-state index contributed by atoms with van der Waals surface area (Å²) in [5.74, 6) is -0.704. The Labute approximate surface area is 149 Å². The van der Waals surface area contributed by atoms with Crippen LogP contribution < -0.4 is 10.1 Å². The molecule has 0 fully saturated rings. The van der Waals surface area contributed by atoms with Gasteiger partial charge < -0.3 is 14.8 Å². The highest BCUT2D eigenvalue weighted by Crippen LogP contribution is 2.16. The number of nitro benzene ring substituents is 1. The minimum atomic E-state index is -0.871. The Bertz CT molecular complexity index is 804. The second-order valence-electron chi connectivity index (χ2n) is 5.54. The van der Waals surface area contributed by atoms with Gasteiger partial charge in [-0.2, -0.15) is 0 Å². The number of non-ortho nitro benzene ring substituents is 1. The summed E-state index contributed by atoms with van der Waals surface area (Å²) < 4.78 is 10.4. The lowest BCUT2D eigenvalue weighted by molar-refractivity contribution is -0.384. The highest BCUT2D eigenvalue weighted by atomic mass is 16.6. The fraction of sp³-hybridized carbons (Fsp3) is 0.222. The van der Waals surface area contributed by atoms with Crippen LogP contribution >= 0.6 is 0 Å². The molecule has 0 radical (unpaired) electrons. The van der Waals surface area contributed by atoms with Gasteiger partial charge in [-0.05, 0) is 43.7 Å². The molecule has 8 nitrogen and oxygen atoms in total. The third kappa shape index (κ3) is 5.59. The van der Waals surface area contributed by atoms with Crippen LogP contribution in [0.4, 0.5) is 11.4 Å². The summed E-state index contributed by atoms with van der Waals surface area (Å²) in [6, 6.07) is 12.5. The smallest absolute Gasteiger partial charge is 0.347 e. The number of nitrogens with zero attached hydrogens (tertiary/aromatic N) is 1. The van der Waals surface area contributed by atoms with E-state index in [9.17, 15) is 19.7 Å². The molecule has 2 aromatic rings. The first kappa shape index (κ1) is 18.9. The number of anilines is 1. The molecule has 0 saturated carbocycles. The number of aryl methyl sites for hydroxylation is 1. The fourth-order valence-corrected chi connectivity index (χ4v) is 2.06.